The first-order chi connectivity index (χ1) is 9.61. The number of amides is 1. The molecular weight excluding hydrogens is 266 g/mol. The maximum Gasteiger partial charge on any atom is 0.241 e. The Morgan fingerprint density at radius 2 is 1.95 bits per heavy atom. The molecule has 1 aromatic rings. The van der Waals surface area contributed by atoms with Crippen molar-refractivity contribution in [2.24, 2.45) is 0 Å². The molecule has 106 valence electrons. The maximum atomic E-state index is 13.6. The van der Waals surface area contributed by atoms with Crippen LogP contribution in [0.25, 0.3) is 0 Å². The number of carbonyl (C=O) groups excluding carboxylic acids is 1. The second-order valence-electron chi connectivity index (χ2n) is 4.41. The van der Waals surface area contributed by atoms with E-state index in [1.165, 1.54) is 0 Å². The van der Waals surface area contributed by atoms with Crippen molar-refractivity contribution in [3.8, 4) is 6.07 Å². The van der Waals surface area contributed by atoms with E-state index in [-0.39, 0.29) is 23.7 Å². The largest absolute Gasteiger partial charge is 0.371 e. The average Bonchev–Trinajstić information content (AvgIpc) is 2.46. The highest BCUT2D eigenvalue weighted by atomic mass is 19.1. The number of halogens is 2. The van der Waals surface area contributed by atoms with Gasteiger partial charge in [-0.1, -0.05) is 0 Å². The van der Waals surface area contributed by atoms with Crippen molar-refractivity contribution >= 4 is 11.6 Å². The number of nitrogens with zero attached hydrogens (tertiary/aromatic N) is 2. The lowest BCUT2D eigenvalue weighted by atomic mass is 10.2. The van der Waals surface area contributed by atoms with E-state index >= 15 is 0 Å². The van der Waals surface area contributed by atoms with Crippen molar-refractivity contribution in [3.05, 3.63) is 29.3 Å². The van der Waals surface area contributed by atoms with Gasteiger partial charge in [0.15, 0.2) is 11.6 Å². The highest BCUT2D eigenvalue weighted by Gasteiger charge is 2.17. The molecule has 0 atom stereocenters. The number of nitriles is 1. The summed E-state index contributed by atoms with van der Waals surface area (Å²) >= 11 is 0. The molecule has 1 heterocycles. The van der Waals surface area contributed by atoms with E-state index in [0.29, 0.717) is 26.2 Å². The Bertz CT molecular complexity index is 527. The molecule has 0 aromatic heterocycles. The van der Waals surface area contributed by atoms with Gasteiger partial charge in [0, 0.05) is 26.2 Å². The highest BCUT2D eigenvalue weighted by molar-refractivity contribution is 5.81. The van der Waals surface area contributed by atoms with E-state index in [1.807, 2.05) is 0 Å². The van der Waals surface area contributed by atoms with Gasteiger partial charge in [-0.3, -0.25) is 4.79 Å². The third kappa shape index (κ3) is 3.22. The van der Waals surface area contributed by atoms with Gasteiger partial charge in [0.05, 0.1) is 18.2 Å². The van der Waals surface area contributed by atoms with Gasteiger partial charge < -0.3 is 15.5 Å². The molecule has 0 aliphatic carbocycles. The summed E-state index contributed by atoms with van der Waals surface area (Å²) in [5.41, 5.74) is -0.480. The number of carbonyl (C=O) groups is 1. The number of hydrogen-bond acceptors (Lipinski definition) is 4. The summed E-state index contributed by atoms with van der Waals surface area (Å²) in [5, 5.41) is 14.2. The SMILES string of the molecule is N#Cc1cc(F)c(NCC(=O)N2CCNCC2)c(F)c1. The number of piperazine rings is 1. The van der Waals surface area contributed by atoms with Crippen LogP contribution >= 0.6 is 0 Å². The molecule has 5 nitrogen and oxygen atoms in total. The van der Waals surface area contributed by atoms with Crippen molar-refractivity contribution in [2.45, 2.75) is 0 Å². The molecule has 0 unspecified atom stereocenters. The number of anilines is 1. The van der Waals surface area contributed by atoms with Crippen LogP contribution in [-0.2, 0) is 4.79 Å². The fourth-order valence-corrected chi connectivity index (χ4v) is 2.00. The van der Waals surface area contributed by atoms with Gasteiger partial charge in [0.25, 0.3) is 0 Å². The van der Waals surface area contributed by atoms with Crippen molar-refractivity contribution in [1.82, 2.24) is 10.2 Å². The number of rotatable bonds is 3. The summed E-state index contributed by atoms with van der Waals surface area (Å²) in [4.78, 5) is 13.5. The molecule has 1 aliphatic rings. The predicted octanol–water partition coefficient (Wildman–Crippen LogP) is 0.680. The molecule has 2 rings (SSSR count). The minimum absolute atomic E-state index is 0.0982. The summed E-state index contributed by atoms with van der Waals surface area (Å²) in [6.07, 6.45) is 0. The first-order valence-electron chi connectivity index (χ1n) is 6.23. The zero-order chi connectivity index (χ0) is 14.5. The third-order valence-electron chi connectivity index (χ3n) is 3.06. The Morgan fingerprint density at radius 1 is 1.35 bits per heavy atom. The van der Waals surface area contributed by atoms with Gasteiger partial charge in [-0.25, -0.2) is 8.78 Å². The Labute approximate surface area is 115 Å². The second kappa shape index (κ2) is 6.30. The van der Waals surface area contributed by atoms with Gasteiger partial charge >= 0.3 is 0 Å². The standard InChI is InChI=1S/C13H14F2N4O/c14-10-5-9(7-16)6-11(15)13(10)18-8-12(20)19-3-1-17-2-4-19/h5-6,17-18H,1-4,8H2. The van der Waals surface area contributed by atoms with Gasteiger partial charge in [0.1, 0.15) is 5.69 Å². The van der Waals surface area contributed by atoms with Crippen LogP contribution in [0, 0.1) is 23.0 Å². The second-order valence-corrected chi connectivity index (χ2v) is 4.41. The van der Waals surface area contributed by atoms with E-state index < -0.39 is 11.6 Å². The van der Waals surface area contributed by atoms with Crippen LogP contribution < -0.4 is 10.6 Å². The van der Waals surface area contributed by atoms with E-state index in [1.54, 1.807) is 11.0 Å². The molecule has 2 N–H and O–H groups in total. The summed E-state index contributed by atoms with van der Waals surface area (Å²) in [7, 11) is 0. The van der Waals surface area contributed by atoms with Gasteiger partial charge in [-0.2, -0.15) is 5.26 Å². The molecule has 7 heteroatoms. The normalized spacial score (nSPS) is 14.8. The number of hydrogen-bond donors (Lipinski definition) is 2. The Balaban J connectivity index is 2.00. The summed E-state index contributed by atoms with van der Waals surface area (Å²) in [6.45, 7) is 2.41. The van der Waals surface area contributed by atoms with Crippen molar-refractivity contribution in [2.75, 3.05) is 38.0 Å². The molecule has 1 aromatic carbocycles. The molecule has 0 spiro atoms. The van der Waals surface area contributed by atoms with E-state index in [9.17, 15) is 13.6 Å². The predicted molar refractivity (Wildman–Crippen MR) is 69.0 cm³/mol. The fourth-order valence-electron chi connectivity index (χ4n) is 2.00. The molecular formula is C13H14F2N4O. The van der Waals surface area contributed by atoms with Crippen LogP contribution in [0.2, 0.25) is 0 Å². The monoisotopic (exact) mass is 280 g/mol. The lowest BCUT2D eigenvalue weighted by Crippen LogP contribution is -2.48. The van der Waals surface area contributed by atoms with Crippen LogP contribution in [0.4, 0.5) is 14.5 Å². The van der Waals surface area contributed by atoms with Crippen LogP contribution in [0.5, 0.6) is 0 Å². The lowest BCUT2D eigenvalue weighted by Gasteiger charge is -2.27. The molecule has 1 aliphatic heterocycles. The first-order valence-corrected chi connectivity index (χ1v) is 6.23. The van der Waals surface area contributed by atoms with Crippen LogP contribution in [0.1, 0.15) is 5.56 Å². The Morgan fingerprint density at radius 3 is 2.50 bits per heavy atom. The summed E-state index contributed by atoms with van der Waals surface area (Å²) in [6, 6.07) is 3.53. The minimum atomic E-state index is -0.880. The average molecular weight is 280 g/mol. The van der Waals surface area contributed by atoms with Crippen molar-refractivity contribution in [3.63, 3.8) is 0 Å². The zero-order valence-corrected chi connectivity index (χ0v) is 10.7. The topological polar surface area (TPSA) is 68.2 Å². The number of nitrogens with one attached hydrogen (secondary N) is 2. The molecule has 0 saturated carbocycles. The highest BCUT2D eigenvalue weighted by Crippen LogP contribution is 2.20. The molecule has 20 heavy (non-hydrogen) atoms. The summed E-state index contributed by atoms with van der Waals surface area (Å²) < 4.78 is 27.2. The van der Waals surface area contributed by atoms with E-state index in [4.69, 9.17) is 5.26 Å². The van der Waals surface area contributed by atoms with E-state index in [0.717, 1.165) is 12.1 Å². The quantitative estimate of drug-likeness (QED) is 0.854. The molecule has 1 amide bonds. The Hall–Kier alpha value is -2.20. The van der Waals surface area contributed by atoms with Gasteiger partial charge in [0.2, 0.25) is 5.91 Å². The van der Waals surface area contributed by atoms with E-state index in [2.05, 4.69) is 10.6 Å². The first kappa shape index (κ1) is 14.2. The van der Waals surface area contributed by atoms with Crippen molar-refractivity contribution < 1.29 is 13.6 Å². The van der Waals surface area contributed by atoms with Crippen LogP contribution in [-0.4, -0.2) is 43.5 Å². The smallest absolute Gasteiger partial charge is 0.241 e. The third-order valence-corrected chi connectivity index (χ3v) is 3.06. The van der Waals surface area contributed by atoms with Gasteiger partial charge in [-0.15, -0.1) is 0 Å². The zero-order valence-electron chi connectivity index (χ0n) is 10.7. The summed E-state index contributed by atoms with van der Waals surface area (Å²) in [5.74, 6) is -1.97. The molecule has 1 saturated heterocycles. The molecule has 0 radical (unpaired) electrons. The molecule has 1 fully saturated rings. The van der Waals surface area contributed by atoms with Gasteiger partial charge in [-0.05, 0) is 12.1 Å². The van der Waals surface area contributed by atoms with Crippen LogP contribution in [0.3, 0.4) is 0 Å². The van der Waals surface area contributed by atoms with Crippen LogP contribution in [0.15, 0.2) is 12.1 Å². The lowest BCUT2D eigenvalue weighted by molar-refractivity contribution is -0.129. The Kier molecular flexibility index (Phi) is 4.48. The van der Waals surface area contributed by atoms with Crippen molar-refractivity contribution in [1.29, 1.82) is 5.26 Å². The fraction of sp³-hybridized carbons (Fsp3) is 0.385. The molecule has 0 bridgehead atoms. The minimum Gasteiger partial charge on any atom is -0.371 e. The number of benzene rings is 1. The maximum absolute atomic E-state index is 13.6.